The molecule has 298 valence electrons. The molecule has 13 nitrogen and oxygen atoms in total. The summed E-state index contributed by atoms with van der Waals surface area (Å²) in [5, 5.41) is 7.17. The summed E-state index contributed by atoms with van der Waals surface area (Å²) in [6, 6.07) is 3.45. The third-order valence-corrected chi connectivity index (χ3v) is 14.7. The summed E-state index contributed by atoms with van der Waals surface area (Å²) < 4.78 is 40.1. The number of carbonyl (C=O) groups is 4. The van der Waals surface area contributed by atoms with E-state index in [2.05, 4.69) is 15.4 Å². The number of nitrogens with one attached hydrogen (secondary N) is 3. The lowest BCUT2D eigenvalue weighted by atomic mass is 9.87. The van der Waals surface area contributed by atoms with Gasteiger partial charge in [-0.1, -0.05) is 36.6 Å². The summed E-state index contributed by atoms with van der Waals surface area (Å²) in [6.07, 6.45) is 11.6. The van der Waals surface area contributed by atoms with Crippen LogP contribution in [-0.2, 0) is 35.6 Å². The van der Waals surface area contributed by atoms with Crippen LogP contribution in [0.2, 0.25) is 5.02 Å². The van der Waals surface area contributed by atoms with Crippen molar-refractivity contribution < 1.29 is 37.1 Å². The van der Waals surface area contributed by atoms with Crippen molar-refractivity contribution in [3.63, 3.8) is 0 Å². The maximum absolute atomic E-state index is 14.8. The van der Waals surface area contributed by atoms with Gasteiger partial charge in [0.05, 0.1) is 22.5 Å². The predicted molar refractivity (Wildman–Crippen MR) is 207 cm³/mol. The van der Waals surface area contributed by atoms with Crippen LogP contribution >= 0.6 is 11.6 Å². The zero-order valence-corrected chi connectivity index (χ0v) is 33.5. The highest BCUT2D eigenvalue weighted by atomic mass is 35.5. The SMILES string of the molecule is Cc1nc2ccc(Cl)cc2c2c1OC1(CC2)CC2C(=O)NC(C)(C(=O)NS(=O)(=O)C3(C)CC3)CC=CCCCCCC(NC(=O)OC3CCCC3)C(=O)N2C1. The topological polar surface area (TPSA) is 173 Å². The number of carbonyl (C=O) groups excluding carboxylic acids is 4. The predicted octanol–water partition coefficient (Wildman–Crippen LogP) is 5.68. The molecule has 1 saturated heterocycles. The number of aromatic nitrogens is 1. The van der Waals surface area contributed by atoms with E-state index in [9.17, 15) is 27.6 Å². The Hall–Kier alpha value is -3.91. The Morgan fingerprint density at radius 2 is 1.78 bits per heavy atom. The van der Waals surface area contributed by atoms with Crippen molar-refractivity contribution in [2.24, 2.45) is 0 Å². The van der Waals surface area contributed by atoms with E-state index in [4.69, 9.17) is 26.1 Å². The van der Waals surface area contributed by atoms with Gasteiger partial charge in [-0.3, -0.25) is 19.1 Å². The highest BCUT2D eigenvalue weighted by Crippen LogP contribution is 2.45. The lowest BCUT2D eigenvalue weighted by Crippen LogP contribution is -2.62. The molecule has 15 heteroatoms. The number of nitrogens with zero attached hydrogens (tertiary/aromatic N) is 2. The Morgan fingerprint density at radius 3 is 2.53 bits per heavy atom. The van der Waals surface area contributed by atoms with Crippen molar-refractivity contribution in [1.29, 1.82) is 0 Å². The van der Waals surface area contributed by atoms with E-state index in [1.807, 2.05) is 25.1 Å². The Morgan fingerprint density at radius 1 is 1.04 bits per heavy atom. The molecule has 0 bridgehead atoms. The van der Waals surface area contributed by atoms with Crippen LogP contribution in [0.4, 0.5) is 4.79 Å². The van der Waals surface area contributed by atoms with Gasteiger partial charge in [0.2, 0.25) is 21.8 Å². The first-order valence-corrected chi connectivity index (χ1v) is 21.6. The van der Waals surface area contributed by atoms with Crippen molar-refractivity contribution in [3.05, 3.63) is 46.6 Å². The van der Waals surface area contributed by atoms with Crippen molar-refractivity contribution >= 4 is 56.3 Å². The minimum atomic E-state index is -4.01. The molecule has 1 spiro atoms. The summed E-state index contributed by atoms with van der Waals surface area (Å²) in [5.74, 6) is -1.33. The molecule has 2 aliphatic carbocycles. The maximum Gasteiger partial charge on any atom is 0.408 e. The first-order valence-electron chi connectivity index (χ1n) is 19.7. The van der Waals surface area contributed by atoms with Crippen LogP contribution in [0.15, 0.2) is 30.4 Å². The second-order valence-corrected chi connectivity index (χ2v) is 19.3. The third-order valence-electron chi connectivity index (χ3n) is 12.3. The van der Waals surface area contributed by atoms with E-state index < -0.39 is 61.8 Å². The zero-order valence-electron chi connectivity index (χ0n) is 31.9. The first kappa shape index (κ1) is 39.3. The highest BCUT2D eigenvalue weighted by Gasteiger charge is 2.55. The van der Waals surface area contributed by atoms with Gasteiger partial charge in [0, 0.05) is 22.4 Å². The molecule has 5 aliphatic rings. The van der Waals surface area contributed by atoms with E-state index >= 15 is 0 Å². The standard InChI is InChI=1S/C40H52ClN5O8S/c1-25-33-28(29-22-26(41)15-16-30(29)42-25)17-19-40(54-33)23-32-34(47)44-39(3,36(49)45-55(51,52)38(2)20-21-38)18-11-7-5-4-6-8-14-31(35(48)46(32)24-40)43-37(50)53-27-12-9-10-13-27/h7,11,15-16,22,27,31-32H,4-6,8-10,12-14,17-21,23-24H2,1-3H3,(H,43,50)(H,44,47)(H,45,49). The van der Waals surface area contributed by atoms with Crippen LogP contribution in [0.5, 0.6) is 5.75 Å². The first-order chi connectivity index (χ1) is 26.1. The monoisotopic (exact) mass is 797 g/mol. The highest BCUT2D eigenvalue weighted by molar-refractivity contribution is 7.91. The molecule has 3 N–H and O–H groups in total. The fourth-order valence-corrected chi connectivity index (χ4v) is 9.99. The van der Waals surface area contributed by atoms with Crippen LogP contribution in [0.3, 0.4) is 0 Å². The van der Waals surface area contributed by atoms with E-state index in [0.29, 0.717) is 61.4 Å². The average Bonchev–Trinajstić information content (AvgIpc) is 3.52. The van der Waals surface area contributed by atoms with E-state index in [0.717, 1.165) is 55.0 Å². The largest absolute Gasteiger partial charge is 0.483 e. The molecule has 4 unspecified atom stereocenters. The van der Waals surface area contributed by atoms with Gasteiger partial charge in [0.1, 0.15) is 35.1 Å². The van der Waals surface area contributed by atoms with E-state index in [-0.39, 0.29) is 25.5 Å². The molecule has 3 fully saturated rings. The number of sulfonamides is 1. The lowest BCUT2D eigenvalue weighted by Gasteiger charge is -2.36. The summed E-state index contributed by atoms with van der Waals surface area (Å²) in [5.41, 5.74) is -0.257. The van der Waals surface area contributed by atoms with Crippen LogP contribution in [0, 0.1) is 6.92 Å². The summed E-state index contributed by atoms with van der Waals surface area (Å²) >= 11 is 6.39. The molecule has 4 heterocycles. The zero-order chi connectivity index (χ0) is 39.2. The van der Waals surface area contributed by atoms with Crippen LogP contribution in [0.1, 0.15) is 115 Å². The second-order valence-electron chi connectivity index (χ2n) is 16.7. The normalized spacial score (nSPS) is 28.7. The number of amides is 4. The van der Waals surface area contributed by atoms with Crippen molar-refractivity contribution in [3.8, 4) is 5.75 Å². The quantitative estimate of drug-likeness (QED) is 0.322. The van der Waals surface area contributed by atoms with Gasteiger partial charge < -0.3 is 25.0 Å². The smallest absolute Gasteiger partial charge is 0.408 e. The average molecular weight is 798 g/mol. The lowest BCUT2D eigenvalue weighted by molar-refractivity contribution is -0.142. The minimum absolute atomic E-state index is 0.0319. The molecule has 2 saturated carbocycles. The number of benzene rings is 1. The number of ether oxygens (including phenoxy) is 2. The number of hydrogen-bond donors (Lipinski definition) is 3. The minimum Gasteiger partial charge on any atom is -0.483 e. The number of alkyl carbamates (subject to hydrolysis) is 1. The van der Waals surface area contributed by atoms with Gasteiger partial charge in [-0.15, -0.1) is 0 Å². The van der Waals surface area contributed by atoms with Crippen molar-refractivity contribution in [1.82, 2.24) is 25.2 Å². The molecule has 7 rings (SSSR count). The van der Waals surface area contributed by atoms with E-state index in [1.54, 1.807) is 19.1 Å². The van der Waals surface area contributed by atoms with Gasteiger partial charge in [0.15, 0.2) is 0 Å². The molecule has 3 aliphatic heterocycles. The molecule has 0 radical (unpaired) electrons. The number of pyridine rings is 1. The Balaban J connectivity index is 1.22. The number of aryl methyl sites for hydroxylation is 2. The van der Waals surface area contributed by atoms with Crippen LogP contribution in [-0.4, -0.2) is 82.7 Å². The molecular formula is C40H52ClN5O8S. The molecular weight excluding hydrogens is 746 g/mol. The van der Waals surface area contributed by atoms with Crippen LogP contribution in [0.25, 0.3) is 10.9 Å². The Kier molecular flexibility index (Phi) is 10.9. The van der Waals surface area contributed by atoms with Crippen molar-refractivity contribution in [2.75, 3.05) is 6.54 Å². The number of halogens is 1. The van der Waals surface area contributed by atoms with Gasteiger partial charge >= 0.3 is 6.09 Å². The molecule has 55 heavy (non-hydrogen) atoms. The van der Waals surface area contributed by atoms with Gasteiger partial charge in [-0.05, 0) is 116 Å². The van der Waals surface area contributed by atoms with E-state index in [1.165, 1.54) is 11.8 Å². The van der Waals surface area contributed by atoms with Gasteiger partial charge in [-0.2, -0.15) is 0 Å². The second kappa shape index (κ2) is 15.2. The third kappa shape index (κ3) is 8.17. The fraction of sp³-hybridized carbons (Fsp3) is 0.625. The number of rotatable bonds is 5. The summed E-state index contributed by atoms with van der Waals surface area (Å²) in [6.45, 7) is 5.00. The molecule has 4 amide bonds. The molecule has 2 aromatic rings. The number of allylic oxidation sites excluding steroid dienone is 1. The van der Waals surface area contributed by atoms with Crippen molar-refractivity contribution in [2.45, 2.75) is 151 Å². The summed E-state index contributed by atoms with van der Waals surface area (Å²) in [4.78, 5) is 62.7. The molecule has 1 aromatic carbocycles. The summed E-state index contributed by atoms with van der Waals surface area (Å²) in [7, 11) is -4.01. The number of hydrogen-bond acceptors (Lipinski definition) is 9. The Labute approximate surface area is 327 Å². The van der Waals surface area contributed by atoms with Gasteiger partial charge in [0.25, 0.3) is 5.91 Å². The Bertz CT molecular complexity index is 2010. The molecule has 1 aromatic heterocycles. The fourth-order valence-electron chi connectivity index (χ4n) is 8.47. The van der Waals surface area contributed by atoms with Crippen LogP contribution < -0.4 is 20.1 Å². The molecule has 4 atom stereocenters. The van der Waals surface area contributed by atoms with Gasteiger partial charge in [-0.25, -0.2) is 18.2 Å². The number of fused-ring (bicyclic) bond motifs is 4. The maximum atomic E-state index is 14.8.